The molecule has 0 unspecified atom stereocenters. The molecule has 0 aliphatic rings. The predicted molar refractivity (Wildman–Crippen MR) is 77.5 cm³/mol. The Morgan fingerprint density at radius 3 is 2.25 bits per heavy atom. The first-order valence-electron chi connectivity index (χ1n) is 6.55. The van der Waals surface area contributed by atoms with Crippen LogP contribution < -0.4 is 20.1 Å². The number of amides is 2. The van der Waals surface area contributed by atoms with Gasteiger partial charge in [0.25, 0.3) is 0 Å². The van der Waals surface area contributed by atoms with Crippen molar-refractivity contribution in [3.63, 3.8) is 0 Å². The molecule has 2 rings (SSSR count). The number of methoxy groups -OCH3 is 2. The number of carbonyl (C=O) groups is 1. The molecule has 0 bridgehead atoms. The molecule has 0 aliphatic carbocycles. The summed E-state index contributed by atoms with van der Waals surface area (Å²) < 4.78 is 54.4. The van der Waals surface area contributed by atoms with E-state index in [1.165, 1.54) is 13.2 Å². The van der Waals surface area contributed by atoms with Crippen LogP contribution in [0.2, 0.25) is 0 Å². The van der Waals surface area contributed by atoms with Gasteiger partial charge >= 0.3 is 12.2 Å². The van der Waals surface area contributed by atoms with Gasteiger partial charge in [-0.05, 0) is 13.0 Å². The second-order valence-electron chi connectivity index (χ2n) is 4.69. The van der Waals surface area contributed by atoms with E-state index in [1.54, 1.807) is 6.92 Å². The molecule has 10 heteroatoms. The molecule has 2 N–H and O–H groups in total. The van der Waals surface area contributed by atoms with Gasteiger partial charge in [0.2, 0.25) is 0 Å². The highest BCUT2D eigenvalue weighted by atomic mass is 19.4. The van der Waals surface area contributed by atoms with E-state index in [1.807, 2.05) is 0 Å². The Morgan fingerprint density at radius 1 is 1.21 bits per heavy atom. The molecule has 0 aliphatic heterocycles. The fourth-order valence-electron chi connectivity index (χ4n) is 2.09. The van der Waals surface area contributed by atoms with Crippen LogP contribution in [0.5, 0.6) is 11.5 Å². The van der Waals surface area contributed by atoms with Crippen LogP contribution in [-0.4, -0.2) is 25.4 Å². The maximum Gasteiger partial charge on any atom is 0.420 e. The summed E-state index contributed by atoms with van der Waals surface area (Å²) in [6.07, 6.45) is -4.71. The third-order valence-corrected chi connectivity index (χ3v) is 3.11. The molecular weight excluding hydrogens is 331 g/mol. The summed E-state index contributed by atoms with van der Waals surface area (Å²) in [5.41, 5.74) is 3.97. The lowest BCUT2D eigenvalue weighted by Gasteiger charge is -2.22. The normalized spacial score (nSPS) is 11.2. The van der Waals surface area contributed by atoms with Crippen LogP contribution >= 0.6 is 0 Å². The first-order valence-corrected chi connectivity index (χ1v) is 6.55. The van der Waals surface area contributed by atoms with Crippen molar-refractivity contribution in [2.24, 2.45) is 5.73 Å². The Balaban J connectivity index is 2.72. The van der Waals surface area contributed by atoms with Gasteiger partial charge in [0.15, 0.2) is 5.82 Å². The van der Waals surface area contributed by atoms with Crippen molar-refractivity contribution in [2.75, 3.05) is 19.1 Å². The fraction of sp³-hybridized carbons (Fsp3) is 0.286. The first-order chi connectivity index (χ1) is 11.2. The van der Waals surface area contributed by atoms with Crippen LogP contribution in [0.1, 0.15) is 11.3 Å². The van der Waals surface area contributed by atoms with Crippen molar-refractivity contribution >= 4 is 17.5 Å². The number of benzene rings is 1. The number of aryl methyl sites for hydroxylation is 1. The number of hydrogen-bond donors (Lipinski definition) is 1. The minimum atomic E-state index is -4.71. The second kappa shape index (κ2) is 6.30. The Labute approximate surface area is 134 Å². The Bertz CT molecular complexity index is 758. The molecule has 24 heavy (non-hydrogen) atoms. The third-order valence-electron chi connectivity index (χ3n) is 3.11. The highest BCUT2D eigenvalue weighted by Crippen LogP contribution is 2.44. The van der Waals surface area contributed by atoms with E-state index >= 15 is 0 Å². The topological polar surface area (TPSA) is 90.8 Å². The number of primary amides is 1. The SMILES string of the molecule is COc1cc(OC)c(C(F)(F)F)cc1N(C(N)=O)c1cc(C)on1. The van der Waals surface area contributed by atoms with Gasteiger partial charge in [-0.15, -0.1) is 0 Å². The highest BCUT2D eigenvalue weighted by molar-refractivity contribution is 5.99. The lowest BCUT2D eigenvalue weighted by molar-refractivity contribution is -0.138. The molecule has 7 nitrogen and oxygen atoms in total. The number of hydrogen-bond acceptors (Lipinski definition) is 5. The van der Waals surface area contributed by atoms with Gasteiger partial charge in [0, 0.05) is 12.1 Å². The number of nitrogens with two attached hydrogens (primary N) is 1. The largest absolute Gasteiger partial charge is 0.496 e. The van der Waals surface area contributed by atoms with E-state index in [-0.39, 0.29) is 17.3 Å². The van der Waals surface area contributed by atoms with Gasteiger partial charge in [-0.2, -0.15) is 13.2 Å². The van der Waals surface area contributed by atoms with E-state index in [9.17, 15) is 18.0 Å². The summed E-state index contributed by atoms with van der Waals surface area (Å²) >= 11 is 0. The quantitative estimate of drug-likeness (QED) is 0.919. The Morgan fingerprint density at radius 2 is 1.83 bits per heavy atom. The first kappa shape index (κ1) is 17.4. The zero-order valence-corrected chi connectivity index (χ0v) is 13.0. The minimum absolute atomic E-state index is 0.0562. The van der Waals surface area contributed by atoms with Crippen LogP contribution in [0.25, 0.3) is 0 Å². The molecule has 130 valence electrons. The lowest BCUT2D eigenvalue weighted by atomic mass is 10.1. The number of alkyl halides is 3. The van der Waals surface area contributed by atoms with Gasteiger partial charge in [-0.1, -0.05) is 5.16 Å². The molecule has 0 saturated heterocycles. The molecule has 2 aromatic rings. The van der Waals surface area contributed by atoms with Gasteiger partial charge in [-0.25, -0.2) is 9.69 Å². The molecule has 1 aromatic heterocycles. The zero-order chi connectivity index (χ0) is 18.1. The van der Waals surface area contributed by atoms with Crippen LogP contribution in [0, 0.1) is 6.92 Å². The number of nitrogens with zero attached hydrogens (tertiary/aromatic N) is 2. The predicted octanol–water partition coefficient (Wildman–Crippen LogP) is 3.24. The minimum Gasteiger partial charge on any atom is -0.496 e. The van der Waals surface area contributed by atoms with Crippen molar-refractivity contribution in [1.82, 2.24) is 5.16 Å². The zero-order valence-electron chi connectivity index (χ0n) is 13.0. The van der Waals surface area contributed by atoms with E-state index in [4.69, 9.17) is 19.7 Å². The summed E-state index contributed by atoms with van der Waals surface area (Å²) in [6, 6.07) is 2.01. The van der Waals surface area contributed by atoms with Gasteiger partial charge < -0.3 is 19.7 Å². The number of halogens is 3. The smallest absolute Gasteiger partial charge is 0.420 e. The molecule has 0 saturated carbocycles. The van der Waals surface area contributed by atoms with Crippen molar-refractivity contribution in [3.05, 3.63) is 29.5 Å². The standard InChI is InChI=1S/C14H14F3N3O4/c1-7-4-12(19-24-7)20(13(18)21)9-5-8(14(15,16)17)10(22-2)6-11(9)23-3/h4-6H,1-3H3,(H2,18,21). The summed E-state index contributed by atoms with van der Waals surface area (Å²) in [5.74, 6) is -0.237. The van der Waals surface area contributed by atoms with Crippen molar-refractivity contribution in [1.29, 1.82) is 0 Å². The van der Waals surface area contributed by atoms with Crippen molar-refractivity contribution in [3.8, 4) is 11.5 Å². The maximum atomic E-state index is 13.2. The van der Waals surface area contributed by atoms with E-state index < -0.39 is 23.5 Å². The Kier molecular flexibility index (Phi) is 4.58. The number of carbonyl (C=O) groups excluding carboxylic acids is 1. The van der Waals surface area contributed by atoms with Crippen LogP contribution in [0.15, 0.2) is 22.7 Å². The van der Waals surface area contributed by atoms with Crippen LogP contribution in [0.3, 0.4) is 0 Å². The summed E-state index contributed by atoms with van der Waals surface area (Å²) in [6.45, 7) is 1.56. The van der Waals surface area contributed by atoms with Gasteiger partial charge in [0.05, 0.1) is 25.5 Å². The molecule has 2 amide bonds. The molecule has 0 atom stereocenters. The summed E-state index contributed by atoms with van der Waals surface area (Å²) in [4.78, 5) is 12.5. The maximum absolute atomic E-state index is 13.2. The number of urea groups is 1. The van der Waals surface area contributed by atoms with E-state index in [2.05, 4.69) is 5.16 Å². The van der Waals surface area contributed by atoms with Crippen molar-refractivity contribution < 1.29 is 32.0 Å². The summed E-state index contributed by atoms with van der Waals surface area (Å²) in [7, 11) is 2.33. The van der Waals surface area contributed by atoms with Gasteiger partial charge in [-0.3, -0.25) is 0 Å². The van der Waals surface area contributed by atoms with Crippen molar-refractivity contribution in [2.45, 2.75) is 13.1 Å². The fourth-order valence-corrected chi connectivity index (χ4v) is 2.09. The lowest BCUT2D eigenvalue weighted by Crippen LogP contribution is -2.32. The second-order valence-corrected chi connectivity index (χ2v) is 4.69. The molecule has 0 radical (unpaired) electrons. The third kappa shape index (κ3) is 3.21. The molecule has 0 spiro atoms. The average Bonchev–Trinajstić information content (AvgIpc) is 2.91. The molecular formula is C14H14F3N3O4. The molecule has 1 aromatic carbocycles. The summed E-state index contributed by atoms with van der Waals surface area (Å²) in [5, 5.41) is 3.61. The number of aromatic nitrogens is 1. The average molecular weight is 345 g/mol. The number of anilines is 2. The molecule has 1 heterocycles. The van der Waals surface area contributed by atoms with E-state index in [0.717, 1.165) is 18.1 Å². The van der Waals surface area contributed by atoms with E-state index in [0.29, 0.717) is 11.8 Å². The van der Waals surface area contributed by atoms with Crippen LogP contribution in [-0.2, 0) is 6.18 Å². The Hall–Kier alpha value is -2.91. The monoisotopic (exact) mass is 345 g/mol. The number of ether oxygens (including phenoxy) is 2. The van der Waals surface area contributed by atoms with Crippen LogP contribution in [0.4, 0.5) is 29.5 Å². The van der Waals surface area contributed by atoms with Gasteiger partial charge in [0.1, 0.15) is 17.3 Å². The molecule has 0 fully saturated rings. The number of rotatable bonds is 4. The highest BCUT2D eigenvalue weighted by Gasteiger charge is 2.37.